The highest BCUT2D eigenvalue weighted by Gasteiger charge is 2.15. The number of carboxylic acid groups (broad SMARTS) is 1. The van der Waals surface area contributed by atoms with Gasteiger partial charge >= 0.3 is 5.97 Å². The van der Waals surface area contributed by atoms with Crippen molar-refractivity contribution in [2.24, 2.45) is 0 Å². The molecule has 0 atom stereocenters. The Morgan fingerprint density at radius 2 is 1.89 bits per heavy atom. The summed E-state index contributed by atoms with van der Waals surface area (Å²) in [6.07, 6.45) is -0.0234. The first-order valence-electron chi connectivity index (χ1n) is 6.04. The van der Waals surface area contributed by atoms with E-state index < -0.39 is 5.97 Å². The Labute approximate surface area is 107 Å². The van der Waals surface area contributed by atoms with Gasteiger partial charge in [0.1, 0.15) is 0 Å². The molecule has 4 heteroatoms. The Morgan fingerprint density at radius 1 is 1.22 bits per heavy atom. The zero-order valence-corrected chi connectivity index (χ0v) is 11.1. The third kappa shape index (κ3) is 3.58. The number of rotatable bonds is 5. The van der Waals surface area contributed by atoms with Gasteiger partial charge in [-0.2, -0.15) is 0 Å². The molecule has 0 fully saturated rings. The molecule has 0 bridgehead atoms. The number of amides is 1. The van der Waals surface area contributed by atoms with Crippen molar-refractivity contribution in [1.29, 1.82) is 0 Å². The van der Waals surface area contributed by atoms with Crippen molar-refractivity contribution >= 4 is 11.9 Å². The maximum atomic E-state index is 12.2. The Hall–Kier alpha value is -1.84. The second kappa shape index (κ2) is 6.19. The van der Waals surface area contributed by atoms with Crippen molar-refractivity contribution in [2.45, 2.75) is 27.2 Å². The highest BCUT2D eigenvalue weighted by molar-refractivity contribution is 5.94. The Bertz CT molecular complexity index is 454. The first kappa shape index (κ1) is 14.2. The molecule has 0 radical (unpaired) electrons. The van der Waals surface area contributed by atoms with Crippen LogP contribution in [-0.4, -0.2) is 35.0 Å². The second-order valence-corrected chi connectivity index (χ2v) is 4.33. The fraction of sp³-hybridized carbons (Fsp3) is 0.429. The number of benzene rings is 1. The second-order valence-electron chi connectivity index (χ2n) is 4.33. The van der Waals surface area contributed by atoms with E-state index in [1.165, 1.54) is 0 Å². The van der Waals surface area contributed by atoms with Crippen LogP contribution in [0.3, 0.4) is 0 Å². The maximum absolute atomic E-state index is 12.2. The van der Waals surface area contributed by atoms with Crippen LogP contribution in [0.4, 0.5) is 0 Å². The van der Waals surface area contributed by atoms with E-state index in [4.69, 9.17) is 5.11 Å². The molecule has 0 aliphatic rings. The normalized spacial score (nSPS) is 10.2. The van der Waals surface area contributed by atoms with Gasteiger partial charge in [0.15, 0.2) is 0 Å². The monoisotopic (exact) mass is 249 g/mol. The minimum atomic E-state index is -0.888. The molecule has 18 heavy (non-hydrogen) atoms. The van der Waals surface area contributed by atoms with E-state index in [0.717, 1.165) is 11.1 Å². The first-order valence-corrected chi connectivity index (χ1v) is 6.04. The van der Waals surface area contributed by atoms with Crippen LogP contribution in [0.5, 0.6) is 0 Å². The van der Waals surface area contributed by atoms with E-state index in [1.54, 1.807) is 11.0 Å². The molecule has 0 saturated heterocycles. The Balaban J connectivity index is 2.82. The molecule has 1 aromatic rings. The van der Waals surface area contributed by atoms with Crippen molar-refractivity contribution in [3.05, 3.63) is 34.9 Å². The number of hydrogen-bond acceptors (Lipinski definition) is 2. The lowest BCUT2D eigenvalue weighted by Crippen LogP contribution is -2.32. The van der Waals surface area contributed by atoms with Crippen molar-refractivity contribution in [3.8, 4) is 0 Å². The molecule has 0 unspecified atom stereocenters. The quantitative estimate of drug-likeness (QED) is 0.870. The van der Waals surface area contributed by atoms with E-state index in [2.05, 4.69) is 0 Å². The van der Waals surface area contributed by atoms with Crippen LogP contribution in [0.2, 0.25) is 0 Å². The molecule has 1 rings (SSSR count). The number of hydrogen-bond donors (Lipinski definition) is 1. The smallest absolute Gasteiger partial charge is 0.305 e. The van der Waals surface area contributed by atoms with E-state index >= 15 is 0 Å². The first-order chi connectivity index (χ1) is 8.45. The predicted octanol–water partition coefficient (Wildman–Crippen LogP) is 2.24. The van der Waals surface area contributed by atoms with Gasteiger partial charge in [-0.05, 0) is 44.0 Å². The van der Waals surface area contributed by atoms with Gasteiger partial charge in [-0.15, -0.1) is 0 Å². The minimum Gasteiger partial charge on any atom is -0.481 e. The zero-order valence-electron chi connectivity index (χ0n) is 11.1. The summed E-state index contributed by atoms with van der Waals surface area (Å²) in [6.45, 7) is 6.56. The van der Waals surface area contributed by atoms with Crippen molar-refractivity contribution in [2.75, 3.05) is 13.1 Å². The average molecular weight is 249 g/mol. The molecule has 98 valence electrons. The van der Waals surface area contributed by atoms with E-state index in [1.807, 2.05) is 32.9 Å². The lowest BCUT2D eigenvalue weighted by molar-refractivity contribution is -0.137. The molecule has 0 aliphatic heterocycles. The SMILES string of the molecule is CCN(CCC(=O)O)C(=O)c1ccc(C)c(C)c1. The average Bonchev–Trinajstić information content (AvgIpc) is 2.32. The third-order valence-corrected chi connectivity index (χ3v) is 3.02. The van der Waals surface area contributed by atoms with Crippen LogP contribution in [0.15, 0.2) is 18.2 Å². The number of aliphatic carboxylic acids is 1. The number of aryl methyl sites for hydroxylation is 2. The standard InChI is InChI=1S/C14H19NO3/c1-4-15(8-7-13(16)17)14(18)12-6-5-10(2)11(3)9-12/h5-6,9H,4,7-8H2,1-3H3,(H,16,17). The lowest BCUT2D eigenvalue weighted by atomic mass is 10.1. The number of nitrogens with zero attached hydrogens (tertiary/aromatic N) is 1. The summed E-state index contributed by atoms with van der Waals surface area (Å²) >= 11 is 0. The molecule has 0 aromatic heterocycles. The van der Waals surface area contributed by atoms with Crippen molar-refractivity contribution < 1.29 is 14.7 Å². The molecule has 1 aromatic carbocycles. The fourth-order valence-electron chi connectivity index (χ4n) is 1.69. The van der Waals surface area contributed by atoms with E-state index in [0.29, 0.717) is 12.1 Å². The molecule has 4 nitrogen and oxygen atoms in total. The zero-order chi connectivity index (χ0) is 13.7. The Kier molecular flexibility index (Phi) is 4.89. The summed E-state index contributed by atoms with van der Waals surface area (Å²) in [6, 6.07) is 5.54. The number of carboxylic acids is 1. The molecule has 0 heterocycles. The highest BCUT2D eigenvalue weighted by atomic mass is 16.4. The molecular formula is C14H19NO3. The third-order valence-electron chi connectivity index (χ3n) is 3.02. The molecule has 0 saturated carbocycles. The molecule has 0 spiro atoms. The predicted molar refractivity (Wildman–Crippen MR) is 69.7 cm³/mol. The van der Waals surface area contributed by atoms with Gasteiger partial charge in [-0.3, -0.25) is 9.59 Å². The molecule has 0 aliphatic carbocycles. The number of carbonyl (C=O) groups excluding carboxylic acids is 1. The summed E-state index contributed by atoms with van der Waals surface area (Å²) in [7, 11) is 0. The van der Waals surface area contributed by atoms with Gasteiger partial charge in [-0.1, -0.05) is 6.07 Å². The minimum absolute atomic E-state index is 0.0234. The van der Waals surface area contributed by atoms with Crippen molar-refractivity contribution in [3.63, 3.8) is 0 Å². The van der Waals surface area contributed by atoms with Gasteiger partial charge in [-0.25, -0.2) is 0 Å². The summed E-state index contributed by atoms with van der Waals surface area (Å²) in [4.78, 5) is 24.3. The van der Waals surface area contributed by atoms with E-state index in [9.17, 15) is 9.59 Å². The van der Waals surface area contributed by atoms with E-state index in [-0.39, 0.29) is 18.9 Å². The van der Waals surface area contributed by atoms with Gasteiger partial charge in [0, 0.05) is 18.7 Å². The maximum Gasteiger partial charge on any atom is 0.305 e. The highest BCUT2D eigenvalue weighted by Crippen LogP contribution is 2.12. The topological polar surface area (TPSA) is 57.6 Å². The van der Waals surface area contributed by atoms with Crippen LogP contribution in [0, 0.1) is 13.8 Å². The van der Waals surface area contributed by atoms with Crippen LogP contribution < -0.4 is 0 Å². The van der Waals surface area contributed by atoms with Crippen LogP contribution >= 0.6 is 0 Å². The summed E-state index contributed by atoms with van der Waals surface area (Å²) in [5.74, 6) is -0.997. The molecule has 1 amide bonds. The van der Waals surface area contributed by atoms with Gasteiger partial charge in [0.05, 0.1) is 6.42 Å². The summed E-state index contributed by atoms with van der Waals surface area (Å²) in [5, 5.41) is 8.65. The van der Waals surface area contributed by atoms with Gasteiger partial charge in [0.2, 0.25) is 0 Å². The Morgan fingerprint density at radius 3 is 2.39 bits per heavy atom. The van der Waals surface area contributed by atoms with Gasteiger partial charge in [0.25, 0.3) is 5.91 Å². The van der Waals surface area contributed by atoms with Gasteiger partial charge < -0.3 is 10.0 Å². The van der Waals surface area contributed by atoms with Crippen LogP contribution in [-0.2, 0) is 4.79 Å². The summed E-state index contributed by atoms with van der Waals surface area (Å²) < 4.78 is 0. The van der Waals surface area contributed by atoms with Crippen molar-refractivity contribution in [1.82, 2.24) is 4.90 Å². The fourth-order valence-corrected chi connectivity index (χ4v) is 1.69. The lowest BCUT2D eigenvalue weighted by Gasteiger charge is -2.20. The largest absolute Gasteiger partial charge is 0.481 e. The number of carbonyl (C=O) groups is 2. The molecular weight excluding hydrogens is 230 g/mol. The molecule has 1 N–H and O–H groups in total. The summed E-state index contributed by atoms with van der Waals surface area (Å²) in [5.41, 5.74) is 2.82. The van der Waals surface area contributed by atoms with Crippen LogP contribution in [0.25, 0.3) is 0 Å². The van der Waals surface area contributed by atoms with Crippen LogP contribution in [0.1, 0.15) is 34.8 Å².